The Labute approximate surface area is 253 Å². The first-order valence-corrected chi connectivity index (χ1v) is 14.2. The number of rotatable bonds is 12. The Bertz CT molecular complexity index is 1720. The molecule has 0 aliphatic heterocycles. The van der Waals surface area contributed by atoms with Crippen molar-refractivity contribution >= 4 is 17.4 Å². The van der Waals surface area contributed by atoms with Gasteiger partial charge in [0.1, 0.15) is 17.3 Å². The van der Waals surface area contributed by atoms with E-state index < -0.39 is 12.1 Å². The van der Waals surface area contributed by atoms with Gasteiger partial charge >= 0.3 is 0 Å². The zero-order chi connectivity index (χ0) is 30.5. The number of aromatic hydroxyl groups is 1. The molecule has 0 spiro atoms. The zero-order valence-corrected chi connectivity index (χ0v) is 25.1. The second-order valence-electron chi connectivity index (χ2n) is 10.0. The van der Waals surface area contributed by atoms with Crippen LogP contribution >= 0.6 is 11.6 Å². The molecule has 2 aromatic carbocycles. The molecular weight excluding hydrogens is 570 g/mol. The van der Waals surface area contributed by atoms with Crippen LogP contribution < -0.4 is 0 Å². The first-order chi connectivity index (χ1) is 20.9. The van der Waals surface area contributed by atoms with Crippen molar-refractivity contribution in [2.45, 2.75) is 45.9 Å². The molecule has 0 amide bonds. The number of pyridine rings is 1. The van der Waals surface area contributed by atoms with Gasteiger partial charge in [0.2, 0.25) is 11.6 Å². The maximum Gasteiger partial charge on any atom is 0.234 e. The van der Waals surface area contributed by atoms with E-state index in [0.717, 1.165) is 35.1 Å². The number of aromatic amines is 1. The highest BCUT2D eigenvalue weighted by molar-refractivity contribution is 6.33. The lowest BCUT2D eigenvalue weighted by molar-refractivity contribution is -0.106. The fraction of sp³-hybridized carbons (Fsp3) is 0.290. The molecule has 43 heavy (non-hydrogen) atoms. The number of nitrogens with zero attached hydrogens (tertiary/aromatic N) is 6. The number of halogens is 1. The van der Waals surface area contributed by atoms with Gasteiger partial charge < -0.3 is 19.1 Å². The van der Waals surface area contributed by atoms with Crippen LogP contribution in [0.4, 0.5) is 0 Å². The van der Waals surface area contributed by atoms with Gasteiger partial charge in [0.15, 0.2) is 17.1 Å². The van der Waals surface area contributed by atoms with Crippen molar-refractivity contribution in [1.82, 2.24) is 35.2 Å². The van der Waals surface area contributed by atoms with Crippen molar-refractivity contribution in [2.75, 3.05) is 14.2 Å². The summed E-state index contributed by atoms with van der Waals surface area (Å²) in [5.74, 6) is 0.255. The van der Waals surface area contributed by atoms with Gasteiger partial charge in [-0.25, -0.2) is 9.97 Å². The Morgan fingerprint density at radius 2 is 1.84 bits per heavy atom. The second kappa shape index (κ2) is 13.2. The van der Waals surface area contributed by atoms with E-state index in [4.69, 9.17) is 21.1 Å². The summed E-state index contributed by atoms with van der Waals surface area (Å²) in [4.78, 5) is 23.0. The highest BCUT2D eigenvalue weighted by atomic mass is 35.5. The molecule has 0 saturated heterocycles. The normalized spacial score (nSPS) is 11.4. The number of carbonyl (C=O) groups is 1. The average molecular weight is 602 g/mol. The maximum atomic E-state index is 14.0. The van der Waals surface area contributed by atoms with E-state index in [0.29, 0.717) is 29.3 Å². The molecule has 2 N–H and O–H groups in total. The van der Waals surface area contributed by atoms with Crippen LogP contribution in [0, 0.1) is 6.92 Å². The standard InChI is InChI=1S/C31H32ClN7O4/c1-5-6-12-25-34-29(32)27(28(41)26-24(40)16-22(18(2)33-26)31(42-3)43-4)39(25)17-19-13-14-21(20-10-8-7-9-11-20)23(15-19)30-35-37-38-36-30/h7-11,13-16,31,40H,5-6,12,17H2,1-4H3,(H,35,36,37,38). The molecule has 0 fully saturated rings. The summed E-state index contributed by atoms with van der Waals surface area (Å²) in [6.07, 6.45) is 1.66. The zero-order valence-electron chi connectivity index (χ0n) is 24.3. The lowest BCUT2D eigenvalue weighted by Gasteiger charge is -2.17. The third-order valence-electron chi connectivity index (χ3n) is 7.20. The number of methoxy groups -OCH3 is 2. The smallest absolute Gasteiger partial charge is 0.234 e. The number of nitrogens with one attached hydrogen (secondary N) is 1. The van der Waals surface area contributed by atoms with Gasteiger partial charge in [0, 0.05) is 44.0 Å². The molecule has 11 nitrogen and oxygen atoms in total. The minimum atomic E-state index is -0.746. The van der Waals surface area contributed by atoms with E-state index in [-0.39, 0.29) is 28.8 Å². The second-order valence-corrected chi connectivity index (χ2v) is 10.4. The molecule has 5 aromatic rings. The summed E-state index contributed by atoms with van der Waals surface area (Å²) in [7, 11) is 2.97. The minimum Gasteiger partial charge on any atom is -0.506 e. The minimum absolute atomic E-state index is 0.0463. The Morgan fingerprint density at radius 1 is 1.07 bits per heavy atom. The van der Waals surface area contributed by atoms with Crippen molar-refractivity contribution in [2.24, 2.45) is 0 Å². The summed E-state index contributed by atoms with van der Waals surface area (Å²) in [6.45, 7) is 4.09. The van der Waals surface area contributed by atoms with Crippen LogP contribution in [0.15, 0.2) is 54.6 Å². The number of benzene rings is 2. The lowest BCUT2D eigenvalue weighted by atomic mass is 9.97. The van der Waals surface area contributed by atoms with Crippen LogP contribution in [0.1, 0.15) is 64.9 Å². The number of carbonyl (C=O) groups excluding carboxylic acids is 1. The SMILES string of the molecule is CCCCc1nc(Cl)c(C(=O)c2nc(C)c(C(OC)OC)cc2O)n1Cc1ccc(-c2ccccc2)c(-c2nn[nH]n2)c1. The molecule has 0 aliphatic rings. The molecule has 5 rings (SSSR count). The van der Waals surface area contributed by atoms with Crippen molar-refractivity contribution < 1.29 is 19.4 Å². The number of unbranched alkanes of at least 4 members (excludes halogenated alkanes) is 1. The third kappa shape index (κ3) is 6.19. The van der Waals surface area contributed by atoms with Crippen LogP contribution in [0.2, 0.25) is 5.15 Å². The number of hydrogen-bond acceptors (Lipinski definition) is 9. The van der Waals surface area contributed by atoms with Crippen molar-refractivity contribution in [1.29, 1.82) is 0 Å². The predicted octanol–water partition coefficient (Wildman–Crippen LogP) is 5.71. The summed E-state index contributed by atoms with van der Waals surface area (Å²) in [5.41, 5.74) is 4.58. The Kier molecular flexibility index (Phi) is 9.24. The Morgan fingerprint density at radius 3 is 2.51 bits per heavy atom. The predicted molar refractivity (Wildman–Crippen MR) is 161 cm³/mol. The topological polar surface area (TPSA) is 141 Å². The van der Waals surface area contributed by atoms with E-state index in [1.165, 1.54) is 20.3 Å². The van der Waals surface area contributed by atoms with Gasteiger partial charge in [-0.05, 0) is 47.4 Å². The van der Waals surface area contributed by atoms with E-state index >= 15 is 0 Å². The summed E-state index contributed by atoms with van der Waals surface area (Å²) in [6, 6.07) is 17.3. The number of imidazole rings is 1. The largest absolute Gasteiger partial charge is 0.506 e. The molecule has 0 unspecified atom stereocenters. The van der Waals surface area contributed by atoms with Crippen molar-refractivity contribution in [3.8, 4) is 28.3 Å². The number of ketones is 1. The number of hydrogen-bond donors (Lipinski definition) is 2. The fourth-order valence-corrected chi connectivity index (χ4v) is 5.35. The van der Waals surface area contributed by atoms with Gasteiger partial charge in [-0.1, -0.05) is 67.4 Å². The monoisotopic (exact) mass is 601 g/mol. The summed E-state index contributed by atoms with van der Waals surface area (Å²) < 4.78 is 12.4. The molecule has 3 aromatic heterocycles. The van der Waals surface area contributed by atoms with Gasteiger partial charge in [0.05, 0.1) is 0 Å². The highest BCUT2D eigenvalue weighted by Crippen LogP contribution is 2.33. The third-order valence-corrected chi connectivity index (χ3v) is 7.46. The Balaban J connectivity index is 1.59. The summed E-state index contributed by atoms with van der Waals surface area (Å²) >= 11 is 6.64. The van der Waals surface area contributed by atoms with Gasteiger partial charge in [-0.2, -0.15) is 5.21 Å². The first-order valence-electron chi connectivity index (χ1n) is 13.8. The van der Waals surface area contributed by atoms with Crippen molar-refractivity contribution in [3.63, 3.8) is 0 Å². The fourth-order valence-electron chi connectivity index (χ4n) is 5.06. The summed E-state index contributed by atoms with van der Waals surface area (Å²) in [5, 5.41) is 25.7. The van der Waals surface area contributed by atoms with Gasteiger partial charge in [-0.15, -0.1) is 10.2 Å². The highest BCUT2D eigenvalue weighted by Gasteiger charge is 2.28. The molecule has 0 aliphatic carbocycles. The molecule has 3 heterocycles. The Hall–Kier alpha value is -4.45. The number of ether oxygens (including phenoxy) is 2. The quantitative estimate of drug-likeness (QED) is 0.136. The van der Waals surface area contributed by atoms with E-state index in [2.05, 4.69) is 37.5 Å². The molecule has 0 radical (unpaired) electrons. The first kappa shape index (κ1) is 30.0. The van der Waals surface area contributed by atoms with E-state index in [9.17, 15) is 9.90 Å². The molecule has 12 heteroatoms. The molecule has 222 valence electrons. The lowest BCUT2D eigenvalue weighted by Crippen LogP contribution is -2.17. The number of aryl methyl sites for hydroxylation is 2. The van der Waals surface area contributed by atoms with Crippen LogP contribution in [-0.4, -0.2) is 60.3 Å². The number of aromatic nitrogens is 7. The van der Waals surface area contributed by atoms with Crippen LogP contribution in [0.25, 0.3) is 22.5 Å². The maximum absolute atomic E-state index is 14.0. The van der Waals surface area contributed by atoms with E-state index in [1.807, 2.05) is 48.5 Å². The van der Waals surface area contributed by atoms with Crippen LogP contribution in [-0.2, 0) is 22.4 Å². The molecule has 0 bridgehead atoms. The number of H-pyrrole nitrogens is 1. The van der Waals surface area contributed by atoms with Gasteiger partial charge in [-0.3, -0.25) is 4.79 Å². The molecular formula is C31H32ClN7O4. The molecule has 0 atom stereocenters. The van der Waals surface area contributed by atoms with Gasteiger partial charge in [0.25, 0.3) is 0 Å². The van der Waals surface area contributed by atoms with Crippen LogP contribution in [0.3, 0.4) is 0 Å². The average Bonchev–Trinajstić information content (AvgIpc) is 3.66. The van der Waals surface area contributed by atoms with E-state index in [1.54, 1.807) is 11.5 Å². The van der Waals surface area contributed by atoms with Crippen molar-refractivity contribution in [3.05, 3.63) is 93.8 Å². The molecule has 0 saturated carbocycles. The number of tetrazole rings is 1. The van der Waals surface area contributed by atoms with Crippen LogP contribution in [0.5, 0.6) is 5.75 Å².